The van der Waals surface area contributed by atoms with E-state index in [9.17, 15) is 9.90 Å². The lowest BCUT2D eigenvalue weighted by Crippen LogP contribution is -2.02. The fourth-order valence-corrected chi connectivity index (χ4v) is 2.97. The highest BCUT2D eigenvalue weighted by Crippen LogP contribution is 2.41. The highest BCUT2D eigenvalue weighted by atomic mass is 79.9. The zero-order chi connectivity index (χ0) is 14.0. The topological polar surface area (TPSA) is 46.5 Å². The molecule has 0 aliphatic heterocycles. The third kappa shape index (κ3) is 3.16. The van der Waals surface area contributed by atoms with E-state index < -0.39 is 5.97 Å². The van der Waals surface area contributed by atoms with Gasteiger partial charge in [0, 0.05) is 21.4 Å². The molecule has 0 heterocycles. The van der Waals surface area contributed by atoms with E-state index in [0.29, 0.717) is 11.3 Å². The molecule has 0 saturated heterocycles. The zero-order valence-corrected chi connectivity index (χ0v) is 13.2. The van der Waals surface area contributed by atoms with Crippen molar-refractivity contribution >= 4 is 37.8 Å². The maximum Gasteiger partial charge on any atom is 0.308 e. The van der Waals surface area contributed by atoms with Crippen molar-refractivity contribution in [1.82, 2.24) is 0 Å². The van der Waals surface area contributed by atoms with Gasteiger partial charge >= 0.3 is 5.97 Å². The van der Waals surface area contributed by atoms with Gasteiger partial charge in [-0.25, -0.2) is 0 Å². The number of ether oxygens (including phenoxy) is 1. The number of hydrogen-bond donors (Lipinski definition) is 1. The smallest absolute Gasteiger partial charge is 0.308 e. The summed E-state index contributed by atoms with van der Waals surface area (Å²) in [7, 11) is 0. The van der Waals surface area contributed by atoms with E-state index in [2.05, 4.69) is 31.9 Å². The minimum atomic E-state index is -0.430. The second kappa shape index (κ2) is 5.75. The number of benzene rings is 2. The van der Waals surface area contributed by atoms with Gasteiger partial charge in [0.1, 0.15) is 11.5 Å². The van der Waals surface area contributed by atoms with Gasteiger partial charge in [0.2, 0.25) is 0 Å². The van der Waals surface area contributed by atoms with Crippen LogP contribution in [0, 0.1) is 0 Å². The van der Waals surface area contributed by atoms with Crippen LogP contribution in [0.4, 0.5) is 0 Å². The molecule has 0 spiro atoms. The fourth-order valence-electron chi connectivity index (χ4n) is 1.72. The Morgan fingerprint density at radius 1 is 1.21 bits per heavy atom. The summed E-state index contributed by atoms with van der Waals surface area (Å²) in [5.74, 6) is -0.0441. The van der Waals surface area contributed by atoms with Crippen LogP contribution >= 0.6 is 31.9 Å². The summed E-state index contributed by atoms with van der Waals surface area (Å²) in [6.07, 6.45) is 0. The minimum Gasteiger partial charge on any atom is -0.507 e. The van der Waals surface area contributed by atoms with Gasteiger partial charge in [-0.3, -0.25) is 4.79 Å². The first kappa shape index (κ1) is 14.1. The Hall–Kier alpha value is -1.33. The molecule has 0 aromatic heterocycles. The summed E-state index contributed by atoms with van der Waals surface area (Å²) in [6, 6.07) is 10.4. The van der Waals surface area contributed by atoms with Crippen molar-refractivity contribution in [2.45, 2.75) is 6.92 Å². The van der Waals surface area contributed by atoms with Crippen molar-refractivity contribution in [3.8, 4) is 22.6 Å². The van der Waals surface area contributed by atoms with Crippen molar-refractivity contribution < 1.29 is 14.6 Å². The monoisotopic (exact) mass is 384 g/mol. The molecule has 98 valence electrons. The second-order valence-corrected chi connectivity index (χ2v) is 5.64. The van der Waals surface area contributed by atoms with Crippen LogP contribution in [0.1, 0.15) is 6.92 Å². The Morgan fingerprint density at radius 3 is 2.58 bits per heavy atom. The van der Waals surface area contributed by atoms with Crippen LogP contribution in [0.2, 0.25) is 0 Å². The predicted molar refractivity (Wildman–Crippen MR) is 80.3 cm³/mol. The van der Waals surface area contributed by atoms with Crippen molar-refractivity contribution in [3.05, 3.63) is 45.3 Å². The fraction of sp³-hybridized carbons (Fsp3) is 0.0714. The predicted octanol–water partition coefficient (Wildman–Crippen LogP) is 4.51. The van der Waals surface area contributed by atoms with Gasteiger partial charge in [0.15, 0.2) is 0 Å². The van der Waals surface area contributed by atoms with Crippen molar-refractivity contribution in [2.75, 3.05) is 0 Å². The lowest BCUT2D eigenvalue weighted by molar-refractivity contribution is -0.131. The standard InChI is InChI=1S/C14H10Br2O3/c1-8(17)19-13-4-2-3-12(18)14(13)10-6-5-9(15)7-11(10)16/h2-7,18H,1H3. The Labute approximate surface area is 127 Å². The van der Waals surface area contributed by atoms with Gasteiger partial charge < -0.3 is 9.84 Å². The summed E-state index contributed by atoms with van der Waals surface area (Å²) in [4.78, 5) is 11.1. The van der Waals surface area contributed by atoms with Crippen LogP contribution in [-0.2, 0) is 4.79 Å². The van der Waals surface area contributed by atoms with Crippen molar-refractivity contribution in [2.24, 2.45) is 0 Å². The molecular formula is C14H10Br2O3. The number of carbonyl (C=O) groups excluding carboxylic acids is 1. The van der Waals surface area contributed by atoms with Gasteiger partial charge in [0.25, 0.3) is 0 Å². The van der Waals surface area contributed by atoms with Crippen LogP contribution in [0.3, 0.4) is 0 Å². The molecule has 1 N–H and O–H groups in total. The van der Waals surface area contributed by atoms with Crippen LogP contribution in [0.5, 0.6) is 11.5 Å². The van der Waals surface area contributed by atoms with Crippen molar-refractivity contribution in [3.63, 3.8) is 0 Å². The molecule has 19 heavy (non-hydrogen) atoms. The molecule has 5 heteroatoms. The third-order valence-corrected chi connectivity index (χ3v) is 3.61. The molecule has 0 amide bonds. The minimum absolute atomic E-state index is 0.0572. The van der Waals surface area contributed by atoms with E-state index in [-0.39, 0.29) is 5.75 Å². The Bertz CT molecular complexity index is 639. The van der Waals surface area contributed by atoms with E-state index in [4.69, 9.17) is 4.74 Å². The largest absolute Gasteiger partial charge is 0.507 e. The summed E-state index contributed by atoms with van der Waals surface area (Å²) < 4.78 is 6.83. The number of phenols is 1. The van der Waals surface area contributed by atoms with Gasteiger partial charge in [-0.2, -0.15) is 0 Å². The molecule has 2 aromatic rings. The molecule has 2 rings (SSSR count). The van der Waals surface area contributed by atoms with Gasteiger partial charge in [-0.05, 0) is 24.3 Å². The highest BCUT2D eigenvalue weighted by molar-refractivity contribution is 9.11. The average Bonchev–Trinajstić information content (AvgIpc) is 2.30. The summed E-state index contributed by atoms with van der Waals surface area (Å²) >= 11 is 6.81. The Morgan fingerprint density at radius 2 is 1.95 bits per heavy atom. The van der Waals surface area contributed by atoms with Gasteiger partial charge in [0.05, 0.1) is 5.56 Å². The molecule has 0 radical (unpaired) electrons. The van der Waals surface area contributed by atoms with Crippen LogP contribution in [0.25, 0.3) is 11.1 Å². The normalized spacial score (nSPS) is 10.3. The number of phenolic OH excluding ortho intramolecular Hbond substituents is 1. The number of esters is 1. The summed E-state index contributed by atoms with van der Waals surface area (Å²) in [5.41, 5.74) is 1.23. The number of aromatic hydroxyl groups is 1. The first-order valence-corrected chi connectivity index (χ1v) is 7.03. The molecule has 0 saturated carbocycles. The first-order valence-electron chi connectivity index (χ1n) is 5.45. The molecule has 0 atom stereocenters. The molecule has 2 aromatic carbocycles. The molecule has 0 aliphatic rings. The van der Waals surface area contributed by atoms with Crippen LogP contribution in [0.15, 0.2) is 45.3 Å². The zero-order valence-electron chi connectivity index (χ0n) is 9.98. The van der Waals surface area contributed by atoms with Gasteiger partial charge in [-0.15, -0.1) is 0 Å². The van der Waals surface area contributed by atoms with E-state index in [1.165, 1.54) is 6.92 Å². The quantitative estimate of drug-likeness (QED) is 0.611. The maximum atomic E-state index is 11.1. The average molecular weight is 386 g/mol. The number of halogens is 2. The van der Waals surface area contributed by atoms with E-state index >= 15 is 0 Å². The van der Waals surface area contributed by atoms with Crippen molar-refractivity contribution in [1.29, 1.82) is 0 Å². The lowest BCUT2D eigenvalue weighted by Gasteiger charge is -2.12. The lowest BCUT2D eigenvalue weighted by atomic mass is 10.0. The third-order valence-electron chi connectivity index (χ3n) is 2.46. The van der Waals surface area contributed by atoms with E-state index in [0.717, 1.165) is 14.5 Å². The van der Waals surface area contributed by atoms with Gasteiger partial charge in [-0.1, -0.05) is 44.0 Å². The number of carbonyl (C=O) groups is 1. The van der Waals surface area contributed by atoms with E-state index in [1.54, 1.807) is 18.2 Å². The van der Waals surface area contributed by atoms with Crippen LogP contribution < -0.4 is 4.74 Å². The Balaban J connectivity index is 2.63. The maximum absolute atomic E-state index is 11.1. The molecular weight excluding hydrogens is 376 g/mol. The summed E-state index contributed by atoms with van der Waals surface area (Å²) in [6.45, 7) is 1.32. The Kier molecular flexibility index (Phi) is 4.27. The summed E-state index contributed by atoms with van der Waals surface area (Å²) in [5, 5.41) is 10.0. The first-order chi connectivity index (χ1) is 8.99. The molecule has 0 bridgehead atoms. The highest BCUT2D eigenvalue weighted by Gasteiger charge is 2.15. The SMILES string of the molecule is CC(=O)Oc1cccc(O)c1-c1ccc(Br)cc1Br. The van der Waals surface area contributed by atoms with Crippen LogP contribution in [-0.4, -0.2) is 11.1 Å². The molecule has 0 aliphatic carbocycles. The second-order valence-electron chi connectivity index (χ2n) is 3.87. The molecule has 3 nitrogen and oxygen atoms in total. The van der Waals surface area contributed by atoms with E-state index in [1.807, 2.05) is 18.2 Å². The molecule has 0 fully saturated rings. The number of hydrogen-bond acceptors (Lipinski definition) is 3. The number of rotatable bonds is 2. The molecule has 0 unspecified atom stereocenters.